The van der Waals surface area contributed by atoms with E-state index >= 15 is 0 Å². The molecule has 325 valence electrons. The molecule has 6 heteroatoms. The van der Waals surface area contributed by atoms with Crippen molar-refractivity contribution in [2.24, 2.45) is 0 Å². The maximum absolute atomic E-state index is 7.32. The third kappa shape index (κ3) is 5.73. The van der Waals surface area contributed by atoms with Gasteiger partial charge in [-0.25, -0.2) is 0 Å². The first-order valence-corrected chi connectivity index (χ1v) is 25.3. The molecular formula is C60H54BN2OS2. The van der Waals surface area contributed by atoms with Crippen molar-refractivity contribution in [2.45, 2.75) is 104 Å². The van der Waals surface area contributed by atoms with Crippen molar-refractivity contribution in [1.82, 2.24) is 4.57 Å². The van der Waals surface area contributed by atoms with Gasteiger partial charge in [-0.1, -0.05) is 124 Å². The zero-order valence-corrected chi connectivity index (χ0v) is 41.3. The van der Waals surface area contributed by atoms with Gasteiger partial charge in [-0.3, -0.25) is 0 Å². The summed E-state index contributed by atoms with van der Waals surface area (Å²) in [5, 5.41) is 12.8. The van der Waals surface area contributed by atoms with Crippen LogP contribution in [0.3, 0.4) is 0 Å². The van der Waals surface area contributed by atoms with Crippen LogP contribution in [-0.4, -0.2) is 11.8 Å². The summed E-state index contributed by atoms with van der Waals surface area (Å²) in [4.78, 5) is 0. The Bertz CT molecular complexity index is 3890. The van der Waals surface area contributed by atoms with Crippen molar-refractivity contribution in [3.8, 4) is 16.8 Å². The van der Waals surface area contributed by atoms with Crippen LogP contribution < -0.4 is 15.6 Å². The number of hydrogen-bond donors (Lipinski definition) is 1. The lowest BCUT2D eigenvalue weighted by atomic mass is 9.62. The molecule has 1 N–H and O–H groups in total. The molecule has 0 bridgehead atoms. The number of rotatable bonds is 3. The van der Waals surface area contributed by atoms with Crippen LogP contribution in [0.1, 0.15) is 104 Å². The van der Waals surface area contributed by atoms with E-state index in [0.29, 0.717) is 0 Å². The quantitative estimate of drug-likeness (QED) is 0.179. The van der Waals surface area contributed by atoms with Crippen LogP contribution >= 0.6 is 22.7 Å². The summed E-state index contributed by atoms with van der Waals surface area (Å²) in [6.07, 6.45) is 2.37. The summed E-state index contributed by atoms with van der Waals surface area (Å²) in [6, 6.07) is 43.9. The Hall–Kier alpha value is -5.82. The van der Waals surface area contributed by atoms with Crippen molar-refractivity contribution in [1.29, 1.82) is 0 Å². The third-order valence-corrected chi connectivity index (χ3v) is 17.6. The first kappa shape index (κ1) is 40.5. The second-order valence-electron chi connectivity index (χ2n) is 22.7. The zero-order valence-electron chi connectivity index (χ0n) is 39.6. The number of aromatic nitrogens is 1. The zero-order chi connectivity index (χ0) is 45.4. The Morgan fingerprint density at radius 3 is 2.02 bits per heavy atom. The molecule has 13 rings (SSSR count). The predicted octanol–water partition coefficient (Wildman–Crippen LogP) is 16.6. The van der Waals surface area contributed by atoms with E-state index in [1.807, 2.05) is 22.7 Å². The van der Waals surface area contributed by atoms with E-state index in [0.717, 1.165) is 39.1 Å². The normalized spacial score (nSPS) is 15.7. The van der Waals surface area contributed by atoms with Gasteiger partial charge in [-0.2, -0.15) is 0 Å². The number of furan rings is 1. The number of fused-ring (bicyclic) bond motifs is 15. The van der Waals surface area contributed by atoms with Crippen molar-refractivity contribution in [3.05, 3.63) is 138 Å². The van der Waals surface area contributed by atoms with Crippen LogP contribution in [0.2, 0.25) is 0 Å². The summed E-state index contributed by atoms with van der Waals surface area (Å²) in [7, 11) is 2.53. The van der Waals surface area contributed by atoms with Gasteiger partial charge in [0.2, 0.25) is 7.28 Å². The van der Waals surface area contributed by atoms with E-state index in [1.54, 1.807) is 0 Å². The average molecular weight is 894 g/mol. The van der Waals surface area contributed by atoms with Crippen molar-refractivity contribution < 1.29 is 4.42 Å². The minimum Gasteiger partial charge on any atom is -0.455 e. The Labute approximate surface area is 395 Å². The fourth-order valence-electron chi connectivity index (χ4n) is 11.5. The van der Waals surface area contributed by atoms with Gasteiger partial charge in [0, 0.05) is 79.8 Å². The number of thiophene rings is 2. The molecule has 0 atom stereocenters. The van der Waals surface area contributed by atoms with E-state index in [9.17, 15) is 0 Å². The Balaban J connectivity index is 1.20. The first-order chi connectivity index (χ1) is 31.4. The van der Waals surface area contributed by atoms with E-state index < -0.39 is 0 Å². The van der Waals surface area contributed by atoms with Gasteiger partial charge in [0.1, 0.15) is 11.2 Å². The summed E-state index contributed by atoms with van der Waals surface area (Å²) in [6.45, 7) is 23.6. The maximum atomic E-state index is 7.32. The van der Waals surface area contributed by atoms with Crippen molar-refractivity contribution in [2.75, 3.05) is 5.32 Å². The number of para-hydroxylation sites is 1. The van der Waals surface area contributed by atoms with Crippen LogP contribution in [-0.2, 0) is 21.7 Å². The molecule has 0 spiro atoms. The highest BCUT2D eigenvalue weighted by Gasteiger charge is 2.40. The van der Waals surface area contributed by atoms with E-state index in [2.05, 4.69) is 202 Å². The summed E-state index contributed by atoms with van der Waals surface area (Å²) in [5.74, 6) is 0. The van der Waals surface area contributed by atoms with Gasteiger partial charge >= 0.3 is 0 Å². The van der Waals surface area contributed by atoms with Gasteiger partial charge in [0.05, 0.1) is 11.2 Å². The topological polar surface area (TPSA) is 30.1 Å². The Kier molecular flexibility index (Phi) is 8.23. The SMILES string of the molecule is CC(C)(C)c1ccc(Nc2cc3sc4ccccc4c3cc2-c2c3c4c(c5cc(C(C)(C)C)ccc5n4-c4c(sc5cc6c(cc45)C(C)(C)CCC6(C)C)[B]3)c3c2oc2ccccc23)cc1. The van der Waals surface area contributed by atoms with Gasteiger partial charge in [0.25, 0.3) is 0 Å². The Morgan fingerprint density at radius 1 is 0.606 bits per heavy atom. The average Bonchev–Trinajstić information content (AvgIpc) is 4.03. The van der Waals surface area contributed by atoms with Crippen LogP contribution in [0.4, 0.5) is 11.4 Å². The molecule has 11 aromatic rings. The summed E-state index contributed by atoms with van der Waals surface area (Å²) in [5.41, 5.74) is 17.1. The molecule has 3 nitrogen and oxygen atoms in total. The summed E-state index contributed by atoms with van der Waals surface area (Å²) >= 11 is 3.81. The fraction of sp³-hybridized carbons (Fsp3) is 0.267. The van der Waals surface area contributed by atoms with Crippen LogP contribution in [0.5, 0.6) is 0 Å². The molecule has 5 heterocycles. The molecule has 0 amide bonds. The van der Waals surface area contributed by atoms with Crippen molar-refractivity contribution >= 4 is 126 Å². The standard InChI is InChI=1S/C60H54BN2OS2/c1-57(2,3)32-19-22-34(23-20-32)62-43-31-48-37(35-15-12-14-18-46(35)65-48)28-38(43)51-52-54-49(50-36-16-11-13-17-45(36)64-55(50)51)39-27-33(58(4,5)6)21-24-44(39)63(54)53-40-29-41-42(30-47(40)66-56(53)61-52)60(9,10)26-25-59(41,7)8/h11-24,27-31,62H,25-26H2,1-10H3. The van der Waals surface area contributed by atoms with E-state index in [1.165, 1.54) is 108 Å². The molecular weight excluding hydrogens is 840 g/mol. The molecule has 2 aliphatic rings. The second kappa shape index (κ2) is 13.4. The molecule has 0 saturated carbocycles. The molecule has 0 fully saturated rings. The number of benzene rings is 7. The lowest BCUT2D eigenvalue weighted by molar-refractivity contribution is 0.332. The molecule has 66 heavy (non-hydrogen) atoms. The van der Waals surface area contributed by atoms with Gasteiger partial charge in [-0.15, -0.1) is 22.7 Å². The number of hydrogen-bond acceptors (Lipinski definition) is 4. The first-order valence-electron chi connectivity index (χ1n) is 23.7. The third-order valence-electron chi connectivity index (χ3n) is 15.4. The van der Waals surface area contributed by atoms with Crippen LogP contribution in [0.15, 0.2) is 120 Å². The smallest absolute Gasteiger partial charge is 0.212 e. The number of nitrogens with zero attached hydrogens (tertiary/aromatic N) is 1. The van der Waals surface area contributed by atoms with Crippen LogP contribution in [0, 0.1) is 0 Å². The minimum absolute atomic E-state index is 0.0304. The monoisotopic (exact) mass is 893 g/mol. The van der Waals surface area contributed by atoms with Gasteiger partial charge in [0.15, 0.2) is 0 Å². The lowest BCUT2D eigenvalue weighted by Crippen LogP contribution is -2.35. The van der Waals surface area contributed by atoms with E-state index in [4.69, 9.17) is 4.42 Å². The van der Waals surface area contributed by atoms with Gasteiger partial charge < -0.3 is 14.3 Å². The highest BCUT2D eigenvalue weighted by molar-refractivity contribution is 7.29. The minimum atomic E-state index is -0.0304. The van der Waals surface area contributed by atoms with Crippen molar-refractivity contribution in [3.63, 3.8) is 0 Å². The second-order valence-corrected chi connectivity index (χ2v) is 24.9. The molecule has 1 aliphatic heterocycles. The molecule has 0 unspecified atom stereocenters. The molecule has 1 aliphatic carbocycles. The van der Waals surface area contributed by atoms with Gasteiger partial charge in [-0.05, 0) is 128 Å². The molecule has 4 aromatic heterocycles. The molecule has 0 saturated heterocycles. The number of nitrogens with one attached hydrogen (secondary N) is 1. The highest BCUT2D eigenvalue weighted by Crippen LogP contribution is 2.52. The predicted molar refractivity (Wildman–Crippen MR) is 289 cm³/mol. The van der Waals surface area contributed by atoms with E-state index in [-0.39, 0.29) is 21.7 Å². The molecule has 7 aromatic carbocycles. The van der Waals surface area contributed by atoms with Crippen LogP contribution in [0.25, 0.3) is 90.8 Å². The molecule has 1 radical (unpaired) electrons. The highest BCUT2D eigenvalue weighted by atomic mass is 32.1. The number of anilines is 2. The fourth-order valence-corrected chi connectivity index (χ4v) is 13.8. The summed E-state index contributed by atoms with van der Waals surface area (Å²) < 4.78 is 15.2. The Morgan fingerprint density at radius 2 is 1.27 bits per heavy atom. The maximum Gasteiger partial charge on any atom is 0.212 e. The largest absolute Gasteiger partial charge is 0.455 e. The lowest BCUT2D eigenvalue weighted by Gasteiger charge is -2.42.